The number of esters is 1. The smallest absolute Gasteiger partial charge is 0.337 e. The zero-order valence-electron chi connectivity index (χ0n) is 12.9. The summed E-state index contributed by atoms with van der Waals surface area (Å²) in [5.74, 6) is -0.301. The van der Waals surface area contributed by atoms with Crippen molar-refractivity contribution in [1.82, 2.24) is 5.32 Å². The molecule has 116 valence electrons. The number of benzene rings is 1. The van der Waals surface area contributed by atoms with Crippen LogP contribution in [0.5, 0.6) is 0 Å². The van der Waals surface area contributed by atoms with Gasteiger partial charge < -0.3 is 10.1 Å². The number of nitrogens with one attached hydrogen (secondary N) is 1. The van der Waals surface area contributed by atoms with Crippen LogP contribution in [0.25, 0.3) is 0 Å². The summed E-state index contributed by atoms with van der Waals surface area (Å²) < 4.78 is 5.68. The third kappa shape index (κ3) is 4.55. The molecule has 0 aliphatic heterocycles. The summed E-state index contributed by atoms with van der Waals surface area (Å²) in [6.07, 6.45) is 6.74. The van der Waals surface area contributed by atoms with Gasteiger partial charge in [0.1, 0.15) is 0 Å². The van der Waals surface area contributed by atoms with Gasteiger partial charge in [0.15, 0.2) is 0 Å². The first kappa shape index (κ1) is 16.5. The molecule has 4 heteroatoms. The number of halogens is 1. The van der Waals surface area contributed by atoms with Gasteiger partial charge in [0.2, 0.25) is 0 Å². The van der Waals surface area contributed by atoms with Crippen molar-refractivity contribution in [3.8, 4) is 0 Å². The van der Waals surface area contributed by atoms with Gasteiger partial charge in [0, 0.05) is 17.6 Å². The van der Waals surface area contributed by atoms with E-state index in [1.807, 2.05) is 18.2 Å². The standard InChI is InChI=1S/C17H24BrNO2/c1-17(8-4-3-5-9-17)12-19-11-14-7-6-13(10-15(14)18)16(20)21-2/h6-7,10,19H,3-5,8-9,11-12H2,1-2H3. The van der Waals surface area contributed by atoms with Crippen molar-refractivity contribution in [3.05, 3.63) is 33.8 Å². The maximum absolute atomic E-state index is 11.5. The largest absolute Gasteiger partial charge is 0.465 e. The van der Waals surface area contributed by atoms with Crippen molar-refractivity contribution in [1.29, 1.82) is 0 Å². The molecule has 0 atom stereocenters. The van der Waals surface area contributed by atoms with E-state index in [4.69, 9.17) is 4.74 Å². The third-order valence-electron chi connectivity index (χ3n) is 4.40. The van der Waals surface area contributed by atoms with Gasteiger partial charge in [-0.15, -0.1) is 0 Å². The molecule has 0 unspecified atom stereocenters. The summed E-state index contributed by atoms with van der Waals surface area (Å²) in [6, 6.07) is 5.62. The van der Waals surface area contributed by atoms with Gasteiger partial charge in [-0.05, 0) is 36.0 Å². The number of rotatable bonds is 5. The molecule has 0 bridgehead atoms. The molecule has 0 aromatic heterocycles. The van der Waals surface area contributed by atoms with Crippen LogP contribution in [0.2, 0.25) is 0 Å². The molecule has 1 aromatic carbocycles. The molecular formula is C17H24BrNO2. The van der Waals surface area contributed by atoms with Gasteiger partial charge in [-0.3, -0.25) is 0 Å². The first-order valence-electron chi connectivity index (χ1n) is 7.61. The molecule has 1 fully saturated rings. The second kappa shape index (κ2) is 7.41. The van der Waals surface area contributed by atoms with E-state index in [0.29, 0.717) is 11.0 Å². The lowest BCUT2D eigenvalue weighted by molar-refractivity contribution is 0.0600. The Labute approximate surface area is 135 Å². The number of hydrogen-bond donors (Lipinski definition) is 1. The van der Waals surface area contributed by atoms with Gasteiger partial charge >= 0.3 is 5.97 Å². The van der Waals surface area contributed by atoms with Crippen LogP contribution in [0.15, 0.2) is 22.7 Å². The van der Waals surface area contributed by atoms with Crippen molar-refractivity contribution in [3.63, 3.8) is 0 Å². The molecule has 0 saturated heterocycles. The summed E-state index contributed by atoms with van der Waals surface area (Å²) in [4.78, 5) is 11.5. The van der Waals surface area contributed by atoms with Crippen molar-refractivity contribution in [2.24, 2.45) is 5.41 Å². The fraction of sp³-hybridized carbons (Fsp3) is 0.588. The van der Waals surface area contributed by atoms with Crippen molar-refractivity contribution in [2.75, 3.05) is 13.7 Å². The second-order valence-electron chi connectivity index (χ2n) is 6.27. The summed E-state index contributed by atoms with van der Waals surface area (Å²) in [6.45, 7) is 4.25. The van der Waals surface area contributed by atoms with Gasteiger partial charge in [0.25, 0.3) is 0 Å². The second-order valence-corrected chi connectivity index (χ2v) is 7.13. The predicted molar refractivity (Wildman–Crippen MR) is 88.4 cm³/mol. The molecule has 2 rings (SSSR count). The number of carbonyl (C=O) groups excluding carboxylic acids is 1. The Hall–Kier alpha value is -0.870. The Morgan fingerprint density at radius 3 is 2.67 bits per heavy atom. The zero-order chi connectivity index (χ0) is 15.3. The Morgan fingerprint density at radius 1 is 1.33 bits per heavy atom. The Bertz CT molecular complexity index is 496. The van der Waals surface area contributed by atoms with E-state index in [1.54, 1.807) is 0 Å². The van der Waals surface area contributed by atoms with Gasteiger partial charge in [0.05, 0.1) is 12.7 Å². The van der Waals surface area contributed by atoms with Crippen LogP contribution in [0.3, 0.4) is 0 Å². The Balaban J connectivity index is 1.90. The predicted octanol–water partition coefficient (Wildman–Crippen LogP) is 4.30. The molecule has 3 nitrogen and oxygen atoms in total. The minimum Gasteiger partial charge on any atom is -0.465 e. The lowest BCUT2D eigenvalue weighted by Gasteiger charge is -2.33. The number of carbonyl (C=O) groups is 1. The molecule has 0 radical (unpaired) electrons. The summed E-state index contributed by atoms with van der Waals surface area (Å²) >= 11 is 3.54. The number of ether oxygens (including phenoxy) is 1. The molecule has 1 aromatic rings. The molecule has 1 N–H and O–H groups in total. The molecule has 21 heavy (non-hydrogen) atoms. The highest BCUT2D eigenvalue weighted by molar-refractivity contribution is 9.10. The van der Waals surface area contributed by atoms with Crippen LogP contribution in [0.1, 0.15) is 54.9 Å². The maximum atomic E-state index is 11.5. The van der Waals surface area contributed by atoms with Crippen LogP contribution in [-0.2, 0) is 11.3 Å². The fourth-order valence-corrected chi connectivity index (χ4v) is 3.54. The lowest BCUT2D eigenvalue weighted by atomic mass is 9.76. The van der Waals surface area contributed by atoms with E-state index in [1.165, 1.54) is 44.8 Å². The third-order valence-corrected chi connectivity index (χ3v) is 5.14. The topological polar surface area (TPSA) is 38.3 Å². The quantitative estimate of drug-likeness (QED) is 0.802. The van der Waals surface area contributed by atoms with Crippen LogP contribution in [0, 0.1) is 5.41 Å². The SMILES string of the molecule is COC(=O)c1ccc(CNCC2(C)CCCCC2)c(Br)c1. The summed E-state index contributed by atoms with van der Waals surface area (Å²) in [5, 5.41) is 3.57. The highest BCUT2D eigenvalue weighted by Gasteiger charge is 2.26. The van der Waals surface area contributed by atoms with Crippen LogP contribution < -0.4 is 5.32 Å². The Kier molecular flexibility index (Phi) is 5.82. The number of methoxy groups -OCH3 is 1. The minimum atomic E-state index is -0.301. The van der Waals surface area contributed by atoms with Crippen LogP contribution >= 0.6 is 15.9 Å². The Morgan fingerprint density at radius 2 is 2.05 bits per heavy atom. The van der Waals surface area contributed by atoms with E-state index in [9.17, 15) is 4.79 Å². The molecular weight excluding hydrogens is 330 g/mol. The zero-order valence-corrected chi connectivity index (χ0v) is 14.5. The lowest BCUT2D eigenvalue weighted by Crippen LogP contribution is -2.33. The highest BCUT2D eigenvalue weighted by atomic mass is 79.9. The van der Waals surface area contributed by atoms with E-state index >= 15 is 0 Å². The van der Waals surface area contributed by atoms with Crippen LogP contribution in [0.4, 0.5) is 0 Å². The molecule has 1 aliphatic rings. The minimum absolute atomic E-state index is 0.301. The van der Waals surface area contributed by atoms with E-state index in [0.717, 1.165) is 17.6 Å². The van der Waals surface area contributed by atoms with Crippen molar-refractivity contribution < 1.29 is 9.53 Å². The maximum Gasteiger partial charge on any atom is 0.337 e. The van der Waals surface area contributed by atoms with Crippen molar-refractivity contribution in [2.45, 2.75) is 45.6 Å². The first-order chi connectivity index (χ1) is 10.0. The molecule has 0 amide bonds. The molecule has 1 saturated carbocycles. The number of hydrogen-bond acceptors (Lipinski definition) is 3. The normalized spacial score (nSPS) is 17.5. The molecule has 0 spiro atoms. The summed E-state index contributed by atoms with van der Waals surface area (Å²) in [7, 11) is 1.40. The highest BCUT2D eigenvalue weighted by Crippen LogP contribution is 2.35. The monoisotopic (exact) mass is 353 g/mol. The average molecular weight is 354 g/mol. The van der Waals surface area contributed by atoms with E-state index < -0.39 is 0 Å². The van der Waals surface area contributed by atoms with Gasteiger partial charge in [-0.2, -0.15) is 0 Å². The molecule has 1 aliphatic carbocycles. The van der Waals surface area contributed by atoms with E-state index in [-0.39, 0.29) is 5.97 Å². The molecule has 0 heterocycles. The van der Waals surface area contributed by atoms with Gasteiger partial charge in [-0.1, -0.05) is 48.2 Å². The van der Waals surface area contributed by atoms with Crippen LogP contribution in [-0.4, -0.2) is 19.6 Å². The summed E-state index contributed by atoms with van der Waals surface area (Å²) in [5.41, 5.74) is 2.19. The average Bonchev–Trinajstić information content (AvgIpc) is 2.48. The first-order valence-corrected chi connectivity index (χ1v) is 8.41. The van der Waals surface area contributed by atoms with Gasteiger partial charge in [-0.25, -0.2) is 4.79 Å². The van der Waals surface area contributed by atoms with Crippen molar-refractivity contribution >= 4 is 21.9 Å². The fourth-order valence-electron chi connectivity index (χ4n) is 3.02. The van der Waals surface area contributed by atoms with E-state index in [2.05, 4.69) is 28.2 Å².